The lowest BCUT2D eigenvalue weighted by molar-refractivity contribution is -0.897. The lowest BCUT2D eigenvalue weighted by atomic mass is 9.92. The topological polar surface area (TPSA) is 73.0 Å². The normalized spacial score (nSPS) is 23.1. The first-order valence-electron chi connectivity index (χ1n) is 9.75. The van der Waals surface area contributed by atoms with Crippen LogP contribution in [0.3, 0.4) is 0 Å². The summed E-state index contributed by atoms with van der Waals surface area (Å²) in [6.45, 7) is 5.41. The summed E-state index contributed by atoms with van der Waals surface area (Å²) in [6.07, 6.45) is 7.24. The number of hydrogen-bond donors (Lipinski definition) is 0. The fraction of sp³-hybridized carbons (Fsp3) is 0.429. The van der Waals surface area contributed by atoms with Gasteiger partial charge in [-0.05, 0) is 31.2 Å². The van der Waals surface area contributed by atoms with E-state index in [0.29, 0.717) is 18.2 Å². The molecule has 3 heterocycles. The number of carbonyl (C=O) groups is 2. The molecule has 0 aromatic carbocycles. The molecule has 1 atom stereocenters. The van der Waals surface area contributed by atoms with E-state index in [0.717, 1.165) is 16.5 Å². The van der Waals surface area contributed by atoms with Crippen molar-refractivity contribution >= 4 is 28.5 Å². The van der Waals surface area contributed by atoms with Crippen LogP contribution in [0, 0.1) is 5.92 Å². The average Bonchev–Trinajstić information content (AvgIpc) is 3.26. The summed E-state index contributed by atoms with van der Waals surface area (Å²) in [7, 11) is 2.26. The third-order valence-electron chi connectivity index (χ3n) is 5.71. The van der Waals surface area contributed by atoms with Crippen LogP contribution in [0.25, 0.3) is 5.52 Å². The van der Waals surface area contributed by atoms with Crippen LogP contribution in [0.5, 0.6) is 5.88 Å². The first-order valence-corrected chi connectivity index (χ1v) is 9.75. The molecular formula is C21H25N4O3+. The summed E-state index contributed by atoms with van der Waals surface area (Å²) in [4.78, 5) is 28.7. The number of fused-ring (bicyclic) bond motifs is 1. The van der Waals surface area contributed by atoms with E-state index in [4.69, 9.17) is 4.74 Å². The average molecular weight is 381 g/mol. The number of allylic oxidation sites excluding steroid dienone is 2. The molecule has 4 rings (SSSR count). The van der Waals surface area contributed by atoms with Gasteiger partial charge < -0.3 is 9.22 Å². The Morgan fingerprint density at radius 3 is 2.82 bits per heavy atom. The number of likely N-dealkylation sites (tertiary alicyclic amines) is 1. The summed E-state index contributed by atoms with van der Waals surface area (Å²) in [5, 5.41) is 4.50. The number of ketones is 2. The van der Waals surface area contributed by atoms with Gasteiger partial charge in [0.2, 0.25) is 0 Å². The van der Waals surface area contributed by atoms with Crippen LogP contribution in [0.4, 0.5) is 5.69 Å². The Morgan fingerprint density at radius 1 is 1.25 bits per heavy atom. The Bertz CT molecular complexity index is 983. The zero-order chi connectivity index (χ0) is 19.7. The monoisotopic (exact) mass is 381 g/mol. The van der Waals surface area contributed by atoms with Gasteiger partial charge in [-0.1, -0.05) is 6.07 Å². The molecule has 2 aromatic rings. The van der Waals surface area contributed by atoms with Gasteiger partial charge in [0, 0.05) is 19.0 Å². The highest BCUT2D eigenvalue weighted by atomic mass is 16.5. The number of rotatable bonds is 5. The molecule has 1 fully saturated rings. The molecule has 0 saturated carbocycles. The Hall–Kier alpha value is -2.80. The largest absolute Gasteiger partial charge is 0.469 e. The number of nitrogens with zero attached hydrogens (tertiary/aromatic N) is 4. The summed E-state index contributed by atoms with van der Waals surface area (Å²) in [5.74, 6) is -0.753. The molecule has 0 radical (unpaired) electrons. The number of ether oxygens (including phenoxy) is 1. The number of quaternary nitrogens is 1. The molecule has 1 saturated heterocycles. The maximum absolute atomic E-state index is 12.5. The van der Waals surface area contributed by atoms with E-state index in [1.807, 2.05) is 24.4 Å². The Balaban J connectivity index is 1.64. The molecule has 2 aliphatic rings. The highest BCUT2D eigenvalue weighted by Gasteiger charge is 2.29. The van der Waals surface area contributed by atoms with Gasteiger partial charge >= 0.3 is 0 Å². The molecule has 146 valence electrons. The van der Waals surface area contributed by atoms with E-state index in [1.165, 1.54) is 38.1 Å². The van der Waals surface area contributed by atoms with Crippen molar-refractivity contribution in [3.63, 3.8) is 0 Å². The van der Waals surface area contributed by atoms with Crippen molar-refractivity contribution in [2.24, 2.45) is 10.9 Å². The zero-order valence-corrected chi connectivity index (χ0v) is 16.3. The maximum Gasteiger partial charge on any atom is 0.260 e. The minimum Gasteiger partial charge on any atom is -0.469 e. The number of carbonyl (C=O) groups excluding carboxylic acids is 2. The first-order chi connectivity index (χ1) is 13.5. The summed E-state index contributed by atoms with van der Waals surface area (Å²) < 4.78 is 8.73. The van der Waals surface area contributed by atoms with Gasteiger partial charge in [0.1, 0.15) is 18.9 Å². The van der Waals surface area contributed by atoms with Crippen LogP contribution in [-0.2, 0) is 9.59 Å². The van der Waals surface area contributed by atoms with Gasteiger partial charge in [0.15, 0.2) is 17.3 Å². The zero-order valence-electron chi connectivity index (χ0n) is 16.3. The van der Waals surface area contributed by atoms with Crippen molar-refractivity contribution in [3.8, 4) is 5.88 Å². The van der Waals surface area contributed by atoms with Gasteiger partial charge in [-0.15, -0.1) is 5.10 Å². The van der Waals surface area contributed by atoms with Crippen molar-refractivity contribution in [3.05, 3.63) is 36.5 Å². The molecule has 0 amide bonds. The number of aromatic nitrogens is 2. The summed E-state index contributed by atoms with van der Waals surface area (Å²) in [6, 6.07) is 5.66. The fourth-order valence-corrected chi connectivity index (χ4v) is 3.80. The minimum atomic E-state index is -0.699. The molecule has 1 unspecified atom stereocenters. The minimum absolute atomic E-state index is 0.192. The van der Waals surface area contributed by atoms with Crippen molar-refractivity contribution in [1.82, 2.24) is 9.61 Å². The van der Waals surface area contributed by atoms with E-state index in [2.05, 4.69) is 17.1 Å². The van der Waals surface area contributed by atoms with Gasteiger partial charge in [-0.2, -0.15) is 0 Å². The molecule has 7 nitrogen and oxygen atoms in total. The number of pyridine rings is 1. The SMILES string of the molecule is CC1C(=O)C=CC(=Nc2c(OCC[N+]3(C)CCCC3)nn3ccccc23)C1=O. The molecular weight excluding hydrogens is 356 g/mol. The smallest absolute Gasteiger partial charge is 0.260 e. The van der Waals surface area contributed by atoms with Gasteiger partial charge in [-0.25, -0.2) is 9.51 Å². The van der Waals surface area contributed by atoms with Crippen molar-refractivity contribution in [1.29, 1.82) is 0 Å². The number of Topliss-reactive ketones (excluding diaryl/α,β-unsaturated/α-hetero) is 1. The van der Waals surface area contributed by atoms with E-state index in [9.17, 15) is 9.59 Å². The van der Waals surface area contributed by atoms with Crippen LogP contribution >= 0.6 is 0 Å². The third-order valence-corrected chi connectivity index (χ3v) is 5.71. The van der Waals surface area contributed by atoms with E-state index in [1.54, 1.807) is 11.4 Å². The second-order valence-corrected chi connectivity index (χ2v) is 7.85. The highest BCUT2D eigenvalue weighted by molar-refractivity contribution is 6.50. The van der Waals surface area contributed by atoms with Gasteiger partial charge in [0.25, 0.3) is 5.88 Å². The van der Waals surface area contributed by atoms with Crippen LogP contribution < -0.4 is 4.74 Å². The van der Waals surface area contributed by atoms with Crippen molar-refractivity contribution in [2.45, 2.75) is 19.8 Å². The van der Waals surface area contributed by atoms with Crippen molar-refractivity contribution < 1.29 is 18.8 Å². The predicted molar refractivity (Wildman–Crippen MR) is 106 cm³/mol. The van der Waals surface area contributed by atoms with Gasteiger partial charge in [0.05, 0.1) is 31.6 Å². The van der Waals surface area contributed by atoms with Crippen molar-refractivity contribution in [2.75, 3.05) is 33.3 Å². The van der Waals surface area contributed by atoms with Gasteiger partial charge in [-0.3, -0.25) is 9.59 Å². The highest BCUT2D eigenvalue weighted by Crippen LogP contribution is 2.32. The first kappa shape index (κ1) is 18.6. The second-order valence-electron chi connectivity index (χ2n) is 7.85. The van der Waals surface area contributed by atoms with Crippen LogP contribution in [-0.4, -0.2) is 64.7 Å². The predicted octanol–water partition coefficient (Wildman–Crippen LogP) is 2.37. The van der Waals surface area contributed by atoms with Crippen LogP contribution in [0.2, 0.25) is 0 Å². The van der Waals surface area contributed by atoms with E-state index in [-0.39, 0.29) is 17.3 Å². The molecule has 0 bridgehead atoms. The second kappa shape index (κ2) is 7.31. The summed E-state index contributed by atoms with van der Waals surface area (Å²) >= 11 is 0. The maximum atomic E-state index is 12.5. The molecule has 2 aromatic heterocycles. The Labute approximate surface area is 163 Å². The quantitative estimate of drug-likeness (QED) is 0.589. The van der Waals surface area contributed by atoms with E-state index >= 15 is 0 Å². The molecule has 28 heavy (non-hydrogen) atoms. The molecule has 0 N–H and O–H groups in total. The lowest BCUT2D eigenvalue weighted by Gasteiger charge is -2.28. The number of likely N-dealkylation sites (N-methyl/N-ethyl adjacent to an activating group) is 1. The Kier molecular flexibility index (Phi) is 4.85. The number of aliphatic imine (C=N–C) groups is 1. The molecule has 0 spiro atoms. The molecule has 7 heteroatoms. The third kappa shape index (κ3) is 3.49. The fourth-order valence-electron chi connectivity index (χ4n) is 3.80. The van der Waals surface area contributed by atoms with Crippen LogP contribution in [0.15, 0.2) is 41.5 Å². The molecule has 1 aliphatic heterocycles. The molecule has 1 aliphatic carbocycles. The summed E-state index contributed by atoms with van der Waals surface area (Å²) in [5.41, 5.74) is 1.55. The number of hydrogen-bond acceptors (Lipinski definition) is 5. The standard InChI is InChI=1S/C21H25N4O3/c1-15-18(26)9-8-16(20(15)27)22-19-17-7-3-4-10-24(17)23-21(19)28-14-13-25(2)11-5-6-12-25/h3-4,7-10,15H,5-6,11-14H2,1-2H3/q+1. The lowest BCUT2D eigenvalue weighted by Crippen LogP contribution is -2.43. The Morgan fingerprint density at radius 2 is 2.04 bits per heavy atom. The van der Waals surface area contributed by atoms with E-state index < -0.39 is 5.92 Å². The van der Waals surface area contributed by atoms with Crippen LogP contribution in [0.1, 0.15) is 19.8 Å².